The first-order chi connectivity index (χ1) is 14.3. The number of rotatable bonds is 7. The molecule has 1 atom stereocenters. The molecule has 3 nitrogen and oxygen atoms in total. The lowest BCUT2D eigenvalue weighted by atomic mass is 10.0. The fraction of sp³-hybridized carbons (Fsp3) is 0.269. The summed E-state index contributed by atoms with van der Waals surface area (Å²) in [5.74, 6) is 0.894. The number of nitriles is 1. The number of anilines is 1. The highest BCUT2D eigenvalue weighted by molar-refractivity contribution is 5.50. The summed E-state index contributed by atoms with van der Waals surface area (Å²) in [6, 6.07) is 30.1. The predicted molar refractivity (Wildman–Crippen MR) is 117 cm³/mol. The third kappa shape index (κ3) is 4.97. The first-order valence-corrected chi connectivity index (χ1v) is 10.3. The number of benzene rings is 3. The summed E-state index contributed by atoms with van der Waals surface area (Å²) in [6.45, 7) is 1.64. The molecule has 1 saturated heterocycles. The second-order valence-corrected chi connectivity index (χ2v) is 7.61. The highest BCUT2D eigenvalue weighted by Crippen LogP contribution is 2.28. The summed E-state index contributed by atoms with van der Waals surface area (Å²) in [4.78, 5) is 2.38. The first-order valence-electron chi connectivity index (χ1n) is 10.3. The molecule has 1 aliphatic rings. The maximum Gasteiger partial charge on any atom is 0.119 e. The number of nitrogens with zero attached hydrogens (tertiary/aromatic N) is 2. The van der Waals surface area contributed by atoms with Crippen LogP contribution in [0.1, 0.15) is 36.0 Å². The van der Waals surface area contributed by atoms with Crippen molar-refractivity contribution < 1.29 is 4.74 Å². The largest absolute Gasteiger partial charge is 0.489 e. The van der Waals surface area contributed by atoms with Gasteiger partial charge in [-0.3, -0.25) is 0 Å². The maximum absolute atomic E-state index is 9.03. The van der Waals surface area contributed by atoms with Gasteiger partial charge in [0.25, 0.3) is 0 Å². The molecule has 3 aromatic carbocycles. The van der Waals surface area contributed by atoms with Gasteiger partial charge < -0.3 is 9.64 Å². The SMILES string of the molecule is N#CCC1CCCN1c1ccc(Cc2ccc(OCc3ccccc3)cc2)cc1. The smallest absolute Gasteiger partial charge is 0.119 e. The molecule has 0 radical (unpaired) electrons. The fourth-order valence-corrected chi connectivity index (χ4v) is 3.98. The van der Waals surface area contributed by atoms with Crippen LogP contribution < -0.4 is 9.64 Å². The van der Waals surface area contributed by atoms with Crippen LogP contribution in [-0.2, 0) is 13.0 Å². The number of hydrogen-bond donors (Lipinski definition) is 0. The van der Waals surface area contributed by atoms with E-state index in [0.717, 1.165) is 25.1 Å². The van der Waals surface area contributed by atoms with Crippen LogP contribution in [0.5, 0.6) is 5.75 Å². The van der Waals surface area contributed by atoms with Crippen molar-refractivity contribution in [2.45, 2.75) is 38.3 Å². The molecule has 1 aliphatic heterocycles. The second-order valence-electron chi connectivity index (χ2n) is 7.61. The van der Waals surface area contributed by atoms with Gasteiger partial charge in [-0.15, -0.1) is 0 Å². The monoisotopic (exact) mass is 382 g/mol. The molecule has 0 saturated carbocycles. The van der Waals surface area contributed by atoms with Crippen LogP contribution in [0.15, 0.2) is 78.9 Å². The second kappa shape index (κ2) is 9.30. The molecular weight excluding hydrogens is 356 g/mol. The van der Waals surface area contributed by atoms with Crippen molar-refractivity contribution >= 4 is 5.69 Å². The molecule has 0 spiro atoms. The van der Waals surface area contributed by atoms with E-state index < -0.39 is 0 Å². The lowest BCUT2D eigenvalue weighted by molar-refractivity contribution is 0.306. The molecule has 1 fully saturated rings. The molecule has 146 valence electrons. The average molecular weight is 383 g/mol. The van der Waals surface area contributed by atoms with Crippen molar-refractivity contribution in [1.82, 2.24) is 0 Å². The number of hydrogen-bond acceptors (Lipinski definition) is 3. The molecule has 29 heavy (non-hydrogen) atoms. The van der Waals surface area contributed by atoms with Crippen LogP contribution in [0.25, 0.3) is 0 Å². The highest BCUT2D eigenvalue weighted by Gasteiger charge is 2.24. The normalized spacial score (nSPS) is 15.8. The average Bonchev–Trinajstić information content (AvgIpc) is 3.23. The van der Waals surface area contributed by atoms with Crippen LogP contribution >= 0.6 is 0 Å². The van der Waals surface area contributed by atoms with Gasteiger partial charge in [-0.2, -0.15) is 5.26 Å². The molecule has 1 heterocycles. The van der Waals surface area contributed by atoms with E-state index in [4.69, 9.17) is 10.00 Å². The van der Waals surface area contributed by atoms with E-state index in [2.05, 4.69) is 59.5 Å². The summed E-state index contributed by atoms with van der Waals surface area (Å²) in [6.07, 6.45) is 3.81. The Morgan fingerprint density at radius 1 is 0.862 bits per heavy atom. The van der Waals surface area contributed by atoms with Crippen LogP contribution in [0.3, 0.4) is 0 Å². The van der Waals surface area contributed by atoms with Gasteiger partial charge in [0.2, 0.25) is 0 Å². The summed E-state index contributed by atoms with van der Waals surface area (Å²) in [7, 11) is 0. The molecule has 0 amide bonds. The van der Waals surface area contributed by atoms with Crippen molar-refractivity contribution in [3.05, 3.63) is 95.6 Å². The van der Waals surface area contributed by atoms with Crippen LogP contribution in [0.4, 0.5) is 5.69 Å². The Labute approximate surface area is 173 Å². The van der Waals surface area contributed by atoms with Crippen molar-refractivity contribution in [3.63, 3.8) is 0 Å². The summed E-state index contributed by atoms with van der Waals surface area (Å²) in [5, 5.41) is 9.03. The molecule has 0 aromatic heterocycles. The topological polar surface area (TPSA) is 36.3 Å². The minimum Gasteiger partial charge on any atom is -0.489 e. The van der Waals surface area contributed by atoms with Crippen LogP contribution in [0, 0.1) is 11.3 Å². The van der Waals surface area contributed by atoms with Gasteiger partial charge >= 0.3 is 0 Å². The summed E-state index contributed by atoms with van der Waals surface area (Å²) in [5.41, 5.74) is 4.97. The standard InChI is InChI=1S/C26H26N2O/c27-17-16-24-7-4-18-28(24)25-12-8-21(9-13-25)19-22-10-14-26(15-11-22)29-20-23-5-2-1-3-6-23/h1-3,5-6,8-15,24H,4,7,16,18-20H2. The zero-order chi connectivity index (χ0) is 19.9. The van der Waals surface area contributed by atoms with Gasteiger partial charge in [-0.1, -0.05) is 54.6 Å². The third-order valence-electron chi connectivity index (χ3n) is 5.55. The van der Waals surface area contributed by atoms with E-state index in [1.807, 2.05) is 30.3 Å². The van der Waals surface area contributed by atoms with Gasteiger partial charge in [0.15, 0.2) is 0 Å². The van der Waals surface area contributed by atoms with E-state index >= 15 is 0 Å². The maximum atomic E-state index is 9.03. The Kier molecular flexibility index (Phi) is 6.12. The van der Waals surface area contributed by atoms with Gasteiger partial charge in [-0.05, 0) is 60.2 Å². The minimum absolute atomic E-state index is 0.370. The Bertz CT molecular complexity index is 943. The molecule has 0 aliphatic carbocycles. The van der Waals surface area contributed by atoms with Crippen molar-refractivity contribution in [2.24, 2.45) is 0 Å². The summed E-state index contributed by atoms with van der Waals surface area (Å²) < 4.78 is 5.87. The van der Waals surface area contributed by atoms with Gasteiger partial charge in [0, 0.05) is 18.3 Å². The van der Waals surface area contributed by atoms with E-state index in [-0.39, 0.29) is 0 Å². The van der Waals surface area contributed by atoms with E-state index in [1.165, 1.54) is 28.8 Å². The third-order valence-corrected chi connectivity index (χ3v) is 5.55. The quantitative estimate of drug-likeness (QED) is 0.523. The number of ether oxygens (including phenoxy) is 1. The lowest BCUT2D eigenvalue weighted by Crippen LogP contribution is -2.28. The molecule has 0 bridgehead atoms. The zero-order valence-electron chi connectivity index (χ0n) is 16.6. The molecule has 1 unspecified atom stereocenters. The Hall–Kier alpha value is -3.25. The van der Waals surface area contributed by atoms with E-state index in [0.29, 0.717) is 19.1 Å². The Morgan fingerprint density at radius 3 is 2.24 bits per heavy atom. The molecule has 3 aromatic rings. The van der Waals surface area contributed by atoms with Crippen molar-refractivity contribution in [2.75, 3.05) is 11.4 Å². The van der Waals surface area contributed by atoms with E-state index in [9.17, 15) is 0 Å². The van der Waals surface area contributed by atoms with E-state index in [1.54, 1.807) is 0 Å². The molecule has 0 N–H and O–H groups in total. The lowest BCUT2D eigenvalue weighted by Gasteiger charge is -2.25. The Balaban J connectivity index is 1.34. The van der Waals surface area contributed by atoms with Crippen molar-refractivity contribution in [1.29, 1.82) is 5.26 Å². The molecule has 4 rings (SSSR count). The minimum atomic E-state index is 0.370. The summed E-state index contributed by atoms with van der Waals surface area (Å²) >= 11 is 0. The first kappa shape index (κ1) is 19.1. The van der Waals surface area contributed by atoms with Crippen molar-refractivity contribution in [3.8, 4) is 11.8 Å². The fourth-order valence-electron chi connectivity index (χ4n) is 3.98. The predicted octanol–water partition coefficient (Wildman–Crippen LogP) is 5.74. The Morgan fingerprint density at radius 2 is 1.55 bits per heavy atom. The van der Waals surface area contributed by atoms with Gasteiger partial charge in [0.05, 0.1) is 12.5 Å². The molecule has 3 heteroatoms. The molecular formula is C26H26N2O. The van der Waals surface area contributed by atoms with Crippen LogP contribution in [-0.4, -0.2) is 12.6 Å². The van der Waals surface area contributed by atoms with Gasteiger partial charge in [-0.25, -0.2) is 0 Å². The zero-order valence-corrected chi connectivity index (χ0v) is 16.6. The van der Waals surface area contributed by atoms with Gasteiger partial charge in [0.1, 0.15) is 12.4 Å². The van der Waals surface area contributed by atoms with Crippen LogP contribution in [0.2, 0.25) is 0 Å². The highest BCUT2D eigenvalue weighted by atomic mass is 16.5.